The van der Waals surface area contributed by atoms with Crippen molar-refractivity contribution in [3.8, 4) is 22.5 Å². The Morgan fingerprint density at radius 1 is 0.765 bits per heavy atom. The summed E-state index contributed by atoms with van der Waals surface area (Å²) in [5.41, 5.74) is 6.34. The number of ether oxygens (including phenoxy) is 2. The quantitative estimate of drug-likeness (QED) is 0.314. The summed E-state index contributed by atoms with van der Waals surface area (Å²) in [6.07, 6.45) is 3.85. The van der Waals surface area contributed by atoms with Crippen molar-refractivity contribution in [3.05, 3.63) is 120 Å². The zero-order valence-corrected chi connectivity index (χ0v) is 18.5. The molecular formula is C30H22N2O2. The average molecular weight is 443 g/mol. The number of hydrogen-bond donors (Lipinski definition) is 0. The van der Waals surface area contributed by atoms with E-state index in [2.05, 4.69) is 78.9 Å². The van der Waals surface area contributed by atoms with E-state index >= 15 is 0 Å². The third-order valence-corrected chi connectivity index (χ3v) is 6.86. The molecule has 1 fully saturated rings. The minimum atomic E-state index is -0.827. The molecule has 0 saturated carbocycles. The number of aromatic nitrogens is 2. The van der Waals surface area contributed by atoms with Gasteiger partial charge in [0.1, 0.15) is 11.7 Å². The Labute approximate surface area is 197 Å². The first-order chi connectivity index (χ1) is 16.9. The van der Waals surface area contributed by atoms with Crippen molar-refractivity contribution >= 4 is 10.8 Å². The highest BCUT2D eigenvalue weighted by Gasteiger charge is 2.50. The van der Waals surface area contributed by atoms with Crippen molar-refractivity contribution in [1.82, 2.24) is 9.97 Å². The van der Waals surface area contributed by atoms with Crippen LogP contribution in [0.25, 0.3) is 33.3 Å². The summed E-state index contributed by atoms with van der Waals surface area (Å²) >= 11 is 0. The van der Waals surface area contributed by atoms with Gasteiger partial charge in [0.15, 0.2) is 0 Å². The van der Waals surface area contributed by atoms with Crippen molar-refractivity contribution in [2.24, 2.45) is 0 Å². The Balaban J connectivity index is 1.58. The molecule has 2 aromatic heterocycles. The standard InChI is InChI=1S/C30H22N2O2/c1-2-10-21(11-3-1)30(34-19-22-18-33-22)26-14-7-16-31-28(26)29-27(30)25(15-17-32-29)24-13-6-9-20-8-4-5-12-23(20)24/h1-17,22H,18-19H2. The number of nitrogens with zero attached hydrogens (tertiary/aromatic N) is 2. The number of fused-ring (bicyclic) bond motifs is 4. The average Bonchev–Trinajstić information content (AvgIpc) is 3.70. The van der Waals surface area contributed by atoms with E-state index in [1.165, 1.54) is 10.8 Å². The molecule has 2 atom stereocenters. The highest BCUT2D eigenvalue weighted by atomic mass is 16.6. The van der Waals surface area contributed by atoms with Gasteiger partial charge in [0.2, 0.25) is 0 Å². The summed E-state index contributed by atoms with van der Waals surface area (Å²) in [6.45, 7) is 1.24. The number of epoxide rings is 1. The Kier molecular flexibility index (Phi) is 4.37. The van der Waals surface area contributed by atoms with Gasteiger partial charge in [-0.1, -0.05) is 78.9 Å². The fraction of sp³-hybridized carbons (Fsp3) is 0.133. The van der Waals surface area contributed by atoms with E-state index in [0.29, 0.717) is 6.61 Å². The second-order valence-electron chi connectivity index (χ2n) is 8.82. The van der Waals surface area contributed by atoms with E-state index in [1.54, 1.807) is 0 Å². The third kappa shape index (κ3) is 2.86. The lowest BCUT2D eigenvalue weighted by atomic mass is 9.80. The Morgan fingerprint density at radius 3 is 2.44 bits per heavy atom. The van der Waals surface area contributed by atoms with E-state index in [-0.39, 0.29) is 6.10 Å². The summed E-state index contributed by atoms with van der Waals surface area (Å²) in [4.78, 5) is 9.64. The number of benzene rings is 3. The van der Waals surface area contributed by atoms with E-state index in [1.807, 2.05) is 24.5 Å². The largest absolute Gasteiger partial charge is 0.371 e. The minimum Gasteiger partial charge on any atom is -0.371 e. The lowest BCUT2D eigenvalue weighted by molar-refractivity contribution is 0.00757. The topological polar surface area (TPSA) is 47.5 Å². The molecule has 0 spiro atoms. The second kappa shape index (κ2) is 7.59. The van der Waals surface area contributed by atoms with Crippen molar-refractivity contribution in [2.75, 3.05) is 13.2 Å². The van der Waals surface area contributed by atoms with Gasteiger partial charge in [-0.25, -0.2) is 0 Å². The monoisotopic (exact) mass is 442 g/mol. The second-order valence-corrected chi connectivity index (χ2v) is 8.82. The van der Waals surface area contributed by atoms with Gasteiger partial charge in [0.25, 0.3) is 0 Å². The van der Waals surface area contributed by atoms with Gasteiger partial charge < -0.3 is 9.47 Å². The molecule has 1 saturated heterocycles. The molecule has 1 aliphatic carbocycles. The molecule has 0 N–H and O–H groups in total. The molecule has 0 radical (unpaired) electrons. The molecule has 1 aliphatic heterocycles. The van der Waals surface area contributed by atoms with Crippen molar-refractivity contribution in [3.63, 3.8) is 0 Å². The first-order valence-electron chi connectivity index (χ1n) is 11.6. The maximum atomic E-state index is 6.92. The summed E-state index contributed by atoms with van der Waals surface area (Å²) in [5.74, 6) is 0. The molecule has 4 heteroatoms. The summed E-state index contributed by atoms with van der Waals surface area (Å²) in [7, 11) is 0. The number of hydrogen-bond acceptors (Lipinski definition) is 4. The van der Waals surface area contributed by atoms with Crippen LogP contribution in [0.2, 0.25) is 0 Å². The van der Waals surface area contributed by atoms with Crippen LogP contribution in [-0.4, -0.2) is 29.3 Å². The number of pyridine rings is 2. The van der Waals surface area contributed by atoms with E-state index in [4.69, 9.17) is 19.4 Å². The van der Waals surface area contributed by atoms with E-state index in [9.17, 15) is 0 Å². The van der Waals surface area contributed by atoms with E-state index < -0.39 is 5.60 Å². The summed E-state index contributed by atoms with van der Waals surface area (Å²) < 4.78 is 12.5. The highest BCUT2D eigenvalue weighted by molar-refractivity contribution is 5.99. The van der Waals surface area contributed by atoms with Gasteiger partial charge in [-0.15, -0.1) is 0 Å². The van der Waals surface area contributed by atoms with E-state index in [0.717, 1.165) is 45.8 Å². The smallest absolute Gasteiger partial charge is 0.148 e. The van der Waals surface area contributed by atoms with Gasteiger partial charge in [-0.3, -0.25) is 9.97 Å². The van der Waals surface area contributed by atoms with Gasteiger partial charge in [0, 0.05) is 23.5 Å². The normalized spacial score (nSPS) is 20.2. The fourth-order valence-electron chi connectivity index (χ4n) is 5.28. The maximum absolute atomic E-state index is 6.92. The van der Waals surface area contributed by atoms with Crippen LogP contribution in [0.1, 0.15) is 16.7 Å². The van der Waals surface area contributed by atoms with Crippen molar-refractivity contribution < 1.29 is 9.47 Å². The molecule has 7 rings (SSSR count). The molecule has 5 aromatic rings. The van der Waals surface area contributed by atoms with Crippen LogP contribution >= 0.6 is 0 Å². The molecular weight excluding hydrogens is 420 g/mol. The van der Waals surface area contributed by atoms with Crippen LogP contribution in [0.3, 0.4) is 0 Å². The molecule has 4 nitrogen and oxygen atoms in total. The molecule has 164 valence electrons. The Morgan fingerprint density at radius 2 is 1.56 bits per heavy atom. The van der Waals surface area contributed by atoms with Gasteiger partial charge in [0.05, 0.1) is 24.6 Å². The lowest BCUT2D eigenvalue weighted by Crippen LogP contribution is -2.33. The zero-order valence-electron chi connectivity index (χ0n) is 18.5. The van der Waals surface area contributed by atoms with Crippen LogP contribution in [-0.2, 0) is 15.1 Å². The molecule has 3 heterocycles. The summed E-state index contributed by atoms with van der Waals surface area (Å²) in [6, 6.07) is 31.6. The van der Waals surface area contributed by atoms with Gasteiger partial charge in [-0.2, -0.15) is 0 Å². The van der Waals surface area contributed by atoms with Crippen LogP contribution in [0.5, 0.6) is 0 Å². The Bertz CT molecular complexity index is 1520. The maximum Gasteiger partial charge on any atom is 0.148 e. The van der Waals surface area contributed by atoms with Crippen LogP contribution in [0.15, 0.2) is 103 Å². The number of rotatable bonds is 5. The van der Waals surface area contributed by atoms with Gasteiger partial charge >= 0.3 is 0 Å². The van der Waals surface area contributed by atoms with Gasteiger partial charge in [-0.05, 0) is 39.6 Å². The highest BCUT2D eigenvalue weighted by Crippen LogP contribution is 2.55. The van der Waals surface area contributed by atoms with Crippen molar-refractivity contribution in [2.45, 2.75) is 11.7 Å². The SMILES string of the molecule is c1ccc(C2(OCC3CO3)c3cccnc3-c3nccc(-c4cccc5ccccc45)c32)cc1. The minimum absolute atomic E-state index is 0.127. The predicted octanol–water partition coefficient (Wildman–Crippen LogP) is 5.98. The molecule has 0 amide bonds. The molecule has 2 unspecified atom stereocenters. The molecule has 2 aliphatic rings. The first-order valence-corrected chi connectivity index (χ1v) is 11.6. The van der Waals surface area contributed by atoms with Crippen LogP contribution in [0.4, 0.5) is 0 Å². The molecule has 0 bridgehead atoms. The first kappa shape index (κ1) is 19.6. The Hall–Kier alpha value is -3.86. The third-order valence-electron chi connectivity index (χ3n) is 6.86. The molecule has 3 aromatic carbocycles. The van der Waals surface area contributed by atoms with Crippen molar-refractivity contribution in [1.29, 1.82) is 0 Å². The fourth-order valence-corrected chi connectivity index (χ4v) is 5.28. The van der Waals surface area contributed by atoms with Crippen LogP contribution in [0, 0.1) is 0 Å². The molecule has 34 heavy (non-hydrogen) atoms. The predicted molar refractivity (Wildman–Crippen MR) is 132 cm³/mol. The summed E-state index contributed by atoms with van der Waals surface area (Å²) in [5, 5.41) is 2.41. The van der Waals surface area contributed by atoms with Crippen LogP contribution < -0.4 is 0 Å². The lowest BCUT2D eigenvalue weighted by Gasteiger charge is -2.34. The zero-order chi connectivity index (χ0) is 22.5.